The Kier molecular flexibility index (Phi) is 4.77. The number of rotatable bonds is 4. The number of carbonyl (C=O) groups excluding carboxylic acids is 1. The van der Waals surface area contributed by atoms with Gasteiger partial charge < -0.3 is 5.32 Å². The fraction of sp³-hybridized carbons (Fsp3) is 0.294. The third-order valence-electron chi connectivity index (χ3n) is 3.55. The number of hydrogen-bond acceptors (Lipinski definition) is 3. The van der Waals surface area contributed by atoms with Gasteiger partial charge in [-0.05, 0) is 37.0 Å². The van der Waals surface area contributed by atoms with Crippen LogP contribution in [0.15, 0.2) is 24.3 Å². The summed E-state index contributed by atoms with van der Waals surface area (Å²) in [7, 11) is 0. The summed E-state index contributed by atoms with van der Waals surface area (Å²) in [5, 5.41) is 12.7. The molecule has 0 fully saturated rings. The fourth-order valence-corrected chi connectivity index (χ4v) is 3.13. The van der Waals surface area contributed by atoms with E-state index in [1.165, 1.54) is 16.9 Å². The van der Waals surface area contributed by atoms with E-state index in [4.69, 9.17) is 0 Å². The molecule has 1 amide bonds. The van der Waals surface area contributed by atoms with Gasteiger partial charge in [0, 0.05) is 4.88 Å². The number of aryl methyl sites for hydroxylation is 2. The van der Waals surface area contributed by atoms with Crippen molar-refractivity contribution in [3.05, 3.63) is 51.4 Å². The molecule has 0 aliphatic rings. The summed E-state index contributed by atoms with van der Waals surface area (Å²) in [5.74, 6) is -0.0861. The van der Waals surface area contributed by atoms with Gasteiger partial charge in [0.05, 0.1) is 12.0 Å². The van der Waals surface area contributed by atoms with Gasteiger partial charge in [-0.25, -0.2) is 0 Å². The monoisotopic (exact) mass is 298 g/mol. The number of anilines is 1. The number of nitrogens with zero attached hydrogens (tertiary/aromatic N) is 1. The predicted octanol–water partition coefficient (Wildman–Crippen LogP) is 3.98. The maximum atomic E-state index is 12.1. The van der Waals surface area contributed by atoms with E-state index < -0.39 is 0 Å². The van der Waals surface area contributed by atoms with Gasteiger partial charge in [0.15, 0.2) is 0 Å². The van der Waals surface area contributed by atoms with Crippen LogP contribution in [0.3, 0.4) is 0 Å². The highest BCUT2D eigenvalue weighted by molar-refractivity contribution is 7.16. The van der Waals surface area contributed by atoms with Gasteiger partial charge in [-0.3, -0.25) is 4.79 Å². The number of thiophene rings is 1. The van der Waals surface area contributed by atoms with Crippen molar-refractivity contribution in [1.82, 2.24) is 0 Å². The molecule has 0 saturated carbocycles. The summed E-state index contributed by atoms with van der Waals surface area (Å²) < 4.78 is 0. The number of nitrogens with one attached hydrogen (secondary N) is 1. The SMILES string of the molecule is CCc1ccc(CC(=O)Nc2sc(C)c(C)c2C#N)cc1. The molecule has 0 saturated heterocycles. The summed E-state index contributed by atoms with van der Waals surface area (Å²) in [6, 6.07) is 10.2. The van der Waals surface area contributed by atoms with Gasteiger partial charge in [-0.1, -0.05) is 31.2 Å². The van der Waals surface area contributed by atoms with E-state index >= 15 is 0 Å². The zero-order valence-electron chi connectivity index (χ0n) is 12.5. The van der Waals surface area contributed by atoms with Crippen LogP contribution < -0.4 is 5.32 Å². The van der Waals surface area contributed by atoms with E-state index in [1.807, 2.05) is 38.1 Å². The van der Waals surface area contributed by atoms with Crippen molar-refractivity contribution in [3.8, 4) is 6.07 Å². The zero-order valence-corrected chi connectivity index (χ0v) is 13.3. The van der Waals surface area contributed by atoms with Gasteiger partial charge in [0.25, 0.3) is 0 Å². The van der Waals surface area contributed by atoms with E-state index in [0.717, 1.165) is 22.4 Å². The first kappa shape index (κ1) is 15.3. The summed E-state index contributed by atoms with van der Waals surface area (Å²) in [5.41, 5.74) is 3.76. The van der Waals surface area contributed by atoms with Crippen LogP contribution in [0.1, 0.15) is 34.1 Å². The van der Waals surface area contributed by atoms with Gasteiger partial charge in [-0.2, -0.15) is 5.26 Å². The molecule has 1 aromatic heterocycles. The second kappa shape index (κ2) is 6.55. The minimum absolute atomic E-state index is 0.0861. The van der Waals surface area contributed by atoms with Crippen LogP contribution in [-0.4, -0.2) is 5.91 Å². The topological polar surface area (TPSA) is 52.9 Å². The van der Waals surface area contributed by atoms with E-state index in [-0.39, 0.29) is 5.91 Å². The van der Waals surface area contributed by atoms with E-state index in [9.17, 15) is 10.1 Å². The summed E-state index contributed by atoms with van der Waals surface area (Å²) in [4.78, 5) is 13.2. The van der Waals surface area contributed by atoms with Crippen molar-refractivity contribution in [2.75, 3.05) is 5.32 Å². The maximum Gasteiger partial charge on any atom is 0.229 e. The number of amides is 1. The lowest BCUT2D eigenvalue weighted by molar-refractivity contribution is -0.115. The Labute approximate surface area is 129 Å². The Morgan fingerprint density at radius 2 is 1.86 bits per heavy atom. The van der Waals surface area contributed by atoms with E-state index in [0.29, 0.717) is 17.0 Å². The first-order valence-corrected chi connectivity index (χ1v) is 7.74. The van der Waals surface area contributed by atoms with Crippen molar-refractivity contribution >= 4 is 22.2 Å². The standard InChI is InChI=1S/C17H18N2OS/c1-4-13-5-7-14(8-6-13)9-16(20)19-17-15(10-18)11(2)12(3)21-17/h5-8H,4,9H2,1-3H3,(H,19,20). The Bertz CT molecular complexity index is 693. The van der Waals surface area contributed by atoms with Crippen LogP contribution in [0.2, 0.25) is 0 Å². The quantitative estimate of drug-likeness (QED) is 0.928. The largest absolute Gasteiger partial charge is 0.316 e. The number of hydrogen-bond donors (Lipinski definition) is 1. The lowest BCUT2D eigenvalue weighted by Crippen LogP contribution is -2.14. The minimum Gasteiger partial charge on any atom is -0.316 e. The third kappa shape index (κ3) is 3.50. The molecule has 1 heterocycles. The van der Waals surface area contributed by atoms with E-state index in [1.54, 1.807) is 0 Å². The minimum atomic E-state index is -0.0861. The van der Waals surface area contributed by atoms with Crippen molar-refractivity contribution in [2.24, 2.45) is 0 Å². The third-order valence-corrected chi connectivity index (χ3v) is 4.67. The zero-order chi connectivity index (χ0) is 15.4. The van der Waals surface area contributed by atoms with Crippen LogP contribution in [0.5, 0.6) is 0 Å². The first-order chi connectivity index (χ1) is 10.0. The molecule has 3 nitrogen and oxygen atoms in total. The molecule has 0 spiro atoms. The van der Waals surface area contributed by atoms with Crippen molar-refractivity contribution in [3.63, 3.8) is 0 Å². The van der Waals surface area contributed by atoms with Gasteiger partial charge in [0.2, 0.25) is 5.91 Å². The molecule has 1 aromatic carbocycles. The van der Waals surface area contributed by atoms with Crippen molar-refractivity contribution in [2.45, 2.75) is 33.6 Å². The fourth-order valence-electron chi connectivity index (χ4n) is 2.10. The van der Waals surface area contributed by atoms with Gasteiger partial charge in [0.1, 0.15) is 11.1 Å². The molecular weight excluding hydrogens is 280 g/mol. The summed E-state index contributed by atoms with van der Waals surface area (Å²) in [6.07, 6.45) is 1.32. The second-order valence-corrected chi connectivity index (χ2v) is 6.22. The van der Waals surface area contributed by atoms with Crippen molar-refractivity contribution < 1.29 is 4.79 Å². The molecule has 0 bridgehead atoms. The van der Waals surface area contributed by atoms with Crippen LogP contribution in [0.4, 0.5) is 5.00 Å². The number of carbonyl (C=O) groups is 1. The highest BCUT2D eigenvalue weighted by atomic mass is 32.1. The number of nitriles is 1. The van der Waals surface area contributed by atoms with Crippen molar-refractivity contribution in [1.29, 1.82) is 5.26 Å². The Hall–Kier alpha value is -2.12. The predicted molar refractivity (Wildman–Crippen MR) is 86.7 cm³/mol. The molecule has 1 N–H and O–H groups in total. The Morgan fingerprint density at radius 1 is 1.24 bits per heavy atom. The van der Waals surface area contributed by atoms with E-state index in [2.05, 4.69) is 18.3 Å². The molecule has 4 heteroatoms. The first-order valence-electron chi connectivity index (χ1n) is 6.93. The molecule has 21 heavy (non-hydrogen) atoms. The average Bonchev–Trinajstić information content (AvgIpc) is 2.73. The molecule has 2 aromatic rings. The smallest absolute Gasteiger partial charge is 0.229 e. The summed E-state index contributed by atoms with van der Waals surface area (Å²) in [6.45, 7) is 5.97. The second-order valence-electron chi connectivity index (χ2n) is 4.99. The van der Waals surface area contributed by atoms with Crippen LogP contribution in [-0.2, 0) is 17.6 Å². The van der Waals surface area contributed by atoms with Crippen LogP contribution >= 0.6 is 11.3 Å². The molecule has 2 rings (SSSR count). The Balaban J connectivity index is 2.08. The molecule has 0 radical (unpaired) electrons. The molecular formula is C17H18N2OS. The average molecular weight is 298 g/mol. The lowest BCUT2D eigenvalue weighted by atomic mass is 10.1. The molecule has 108 valence electrons. The maximum absolute atomic E-state index is 12.1. The molecule has 0 unspecified atom stereocenters. The van der Waals surface area contributed by atoms with Crippen LogP contribution in [0.25, 0.3) is 0 Å². The van der Waals surface area contributed by atoms with Crippen LogP contribution in [0, 0.1) is 25.2 Å². The highest BCUT2D eigenvalue weighted by Gasteiger charge is 2.14. The van der Waals surface area contributed by atoms with Gasteiger partial charge in [-0.15, -0.1) is 11.3 Å². The summed E-state index contributed by atoms with van der Waals surface area (Å²) >= 11 is 1.46. The lowest BCUT2D eigenvalue weighted by Gasteiger charge is -2.04. The number of benzene rings is 1. The molecule has 0 aliphatic carbocycles. The normalized spacial score (nSPS) is 10.2. The highest BCUT2D eigenvalue weighted by Crippen LogP contribution is 2.31. The molecule has 0 atom stereocenters. The molecule has 0 aliphatic heterocycles. The van der Waals surface area contributed by atoms with Gasteiger partial charge >= 0.3 is 0 Å². The Morgan fingerprint density at radius 3 is 2.43 bits per heavy atom.